The fourth-order valence-electron chi connectivity index (χ4n) is 2.21. The molecule has 3 nitrogen and oxygen atoms in total. The van der Waals surface area contributed by atoms with E-state index >= 15 is 0 Å². The summed E-state index contributed by atoms with van der Waals surface area (Å²) in [5.74, 6) is 0.794. The quantitative estimate of drug-likeness (QED) is 0.774. The van der Waals surface area contributed by atoms with E-state index in [1.807, 2.05) is 12.1 Å². The SMILES string of the molecule is CCCOc1ccc(CC(C)NC(C)(C)C)cc1N. The van der Waals surface area contributed by atoms with Crippen molar-refractivity contribution >= 4 is 5.69 Å². The molecule has 1 atom stereocenters. The van der Waals surface area contributed by atoms with E-state index in [1.165, 1.54) is 5.56 Å². The van der Waals surface area contributed by atoms with Gasteiger partial charge in [-0.25, -0.2) is 0 Å². The van der Waals surface area contributed by atoms with Crippen LogP contribution in [0, 0.1) is 0 Å². The van der Waals surface area contributed by atoms with Crippen LogP contribution in [0.1, 0.15) is 46.6 Å². The maximum atomic E-state index is 6.02. The van der Waals surface area contributed by atoms with E-state index in [4.69, 9.17) is 10.5 Å². The lowest BCUT2D eigenvalue weighted by Crippen LogP contribution is -2.43. The lowest BCUT2D eigenvalue weighted by atomic mass is 10.0. The molecule has 108 valence electrons. The van der Waals surface area contributed by atoms with Crippen LogP contribution in [0.15, 0.2) is 18.2 Å². The molecular formula is C16H28N2O. The van der Waals surface area contributed by atoms with Crippen molar-refractivity contribution in [3.8, 4) is 5.75 Å². The number of rotatable bonds is 6. The van der Waals surface area contributed by atoms with Gasteiger partial charge in [-0.3, -0.25) is 0 Å². The zero-order valence-electron chi connectivity index (χ0n) is 12.9. The summed E-state index contributed by atoms with van der Waals surface area (Å²) in [5.41, 5.74) is 8.13. The minimum absolute atomic E-state index is 0.134. The van der Waals surface area contributed by atoms with Gasteiger partial charge in [0.2, 0.25) is 0 Å². The summed E-state index contributed by atoms with van der Waals surface area (Å²) < 4.78 is 5.59. The van der Waals surface area contributed by atoms with Crippen LogP contribution in [0.25, 0.3) is 0 Å². The first-order valence-corrected chi connectivity index (χ1v) is 7.10. The second-order valence-electron chi connectivity index (χ2n) is 6.22. The Kier molecular flexibility index (Phi) is 5.67. The van der Waals surface area contributed by atoms with Crippen LogP contribution in [-0.2, 0) is 6.42 Å². The second-order valence-corrected chi connectivity index (χ2v) is 6.22. The maximum absolute atomic E-state index is 6.02. The first-order chi connectivity index (χ1) is 8.81. The standard InChI is InChI=1S/C16H28N2O/c1-6-9-19-15-8-7-13(11-14(15)17)10-12(2)18-16(3,4)5/h7-8,11-12,18H,6,9-10,17H2,1-5H3. The Bertz CT molecular complexity index is 396. The Morgan fingerprint density at radius 3 is 2.53 bits per heavy atom. The first-order valence-electron chi connectivity index (χ1n) is 7.10. The molecule has 0 radical (unpaired) electrons. The third-order valence-corrected chi connectivity index (χ3v) is 2.76. The molecule has 0 spiro atoms. The highest BCUT2D eigenvalue weighted by atomic mass is 16.5. The molecule has 0 aliphatic heterocycles. The molecule has 3 heteroatoms. The molecule has 1 aromatic carbocycles. The summed E-state index contributed by atoms with van der Waals surface area (Å²) in [6.45, 7) is 11.5. The molecule has 0 fully saturated rings. The molecule has 0 aromatic heterocycles. The summed E-state index contributed by atoms with van der Waals surface area (Å²) in [6, 6.07) is 6.51. The van der Waals surface area contributed by atoms with E-state index in [2.05, 4.69) is 46.0 Å². The van der Waals surface area contributed by atoms with Crippen LogP contribution in [0.3, 0.4) is 0 Å². The summed E-state index contributed by atoms with van der Waals surface area (Å²) in [7, 11) is 0. The predicted molar refractivity (Wildman–Crippen MR) is 82.7 cm³/mol. The molecule has 0 saturated heterocycles. The van der Waals surface area contributed by atoms with Gasteiger partial charge < -0.3 is 15.8 Å². The van der Waals surface area contributed by atoms with Crippen molar-refractivity contribution in [3.05, 3.63) is 23.8 Å². The number of ether oxygens (including phenoxy) is 1. The van der Waals surface area contributed by atoms with Crippen molar-refractivity contribution in [1.82, 2.24) is 5.32 Å². The minimum atomic E-state index is 0.134. The summed E-state index contributed by atoms with van der Waals surface area (Å²) in [6.07, 6.45) is 1.96. The zero-order chi connectivity index (χ0) is 14.5. The van der Waals surface area contributed by atoms with Crippen LogP contribution in [0.5, 0.6) is 5.75 Å². The molecule has 1 rings (SSSR count). The molecule has 0 bridgehead atoms. The molecule has 0 aliphatic rings. The molecule has 1 aromatic rings. The summed E-state index contributed by atoms with van der Waals surface area (Å²) in [4.78, 5) is 0. The van der Waals surface area contributed by atoms with E-state index in [0.29, 0.717) is 12.6 Å². The zero-order valence-corrected chi connectivity index (χ0v) is 12.9. The molecular weight excluding hydrogens is 236 g/mol. The maximum Gasteiger partial charge on any atom is 0.142 e. The van der Waals surface area contributed by atoms with Gasteiger partial charge in [0.1, 0.15) is 5.75 Å². The Hall–Kier alpha value is -1.22. The molecule has 3 N–H and O–H groups in total. The highest BCUT2D eigenvalue weighted by molar-refractivity contribution is 5.54. The first kappa shape index (κ1) is 15.8. The van der Waals surface area contributed by atoms with Crippen LogP contribution in [-0.4, -0.2) is 18.2 Å². The number of benzene rings is 1. The van der Waals surface area contributed by atoms with Crippen LogP contribution in [0.2, 0.25) is 0 Å². The fraction of sp³-hybridized carbons (Fsp3) is 0.625. The van der Waals surface area contributed by atoms with E-state index in [0.717, 1.165) is 24.3 Å². The smallest absolute Gasteiger partial charge is 0.142 e. The lowest BCUT2D eigenvalue weighted by Gasteiger charge is -2.26. The predicted octanol–water partition coefficient (Wildman–Crippen LogP) is 3.38. The summed E-state index contributed by atoms with van der Waals surface area (Å²) in [5, 5.41) is 3.56. The Morgan fingerprint density at radius 1 is 1.32 bits per heavy atom. The second kappa shape index (κ2) is 6.80. The highest BCUT2D eigenvalue weighted by Gasteiger charge is 2.14. The fourth-order valence-corrected chi connectivity index (χ4v) is 2.21. The highest BCUT2D eigenvalue weighted by Crippen LogP contribution is 2.23. The van der Waals surface area contributed by atoms with Crippen LogP contribution < -0.4 is 15.8 Å². The number of nitrogen functional groups attached to an aromatic ring is 1. The lowest BCUT2D eigenvalue weighted by molar-refractivity contribution is 0.319. The number of anilines is 1. The van der Waals surface area contributed by atoms with Gasteiger partial charge in [-0.2, -0.15) is 0 Å². The Balaban J connectivity index is 2.63. The monoisotopic (exact) mass is 264 g/mol. The third kappa shape index (κ3) is 5.97. The van der Waals surface area contributed by atoms with Gasteiger partial charge in [0.05, 0.1) is 12.3 Å². The number of hydrogen-bond acceptors (Lipinski definition) is 3. The minimum Gasteiger partial charge on any atom is -0.491 e. The third-order valence-electron chi connectivity index (χ3n) is 2.76. The van der Waals surface area contributed by atoms with Crippen LogP contribution in [0.4, 0.5) is 5.69 Å². The number of nitrogens with two attached hydrogens (primary N) is 1. The largest absolute Gasteiger partial charge is 0.491 e. The van der Waals surface area contributed by atoms with Crippen molar-refractivity contribution in [3.63, 3.8) is 0 Å². The topological polar surface area (TPSA) is 47.3 Å². The average Bonchev–Trinajstić information content (AvgIpc) is 2.25. The molecule has 0 saturated carbocycles. The van der Waals surface area contributed by atoms with Crippen molar-refractivity contribution < 1.29 is 4.74 Å². The van der Waals surface area contributed by atoms with Crippen molar-refractivity contribution in [2.75, 3.05) is 12.3 Å². The van der Waals surface area contributed by atoms with Crippen molar-refractivity contribution in [2.24, 2.45) is 0 Å². The van der Waals surface area contributed by atoms with Gasteiger partial charge in [0, 0.05) is 11.6 Å². The molecule has 0 amide bonds. The van der Waals surface area contributed by atoms with Gasteiger partial charge in [0.15, 0.2) is 0 Å². The molecule has 19 heavy (non-hydrogen) atoms. The number of hydrogen-bond donors (Lipinski definition) is 2. The van der Waals surface area contributed by atoms with E-state index in [9.17, 15) is 0 Å². The van der Waals surface area contributed by atoms with Gasteiger partial charge in [-0.05, 0) is 58.2 Å². The van der Waals surface area contributed by atoms with Gasteiger partial charge >= 0.3 is 0 Å². The average molecular weight is 264 g/mol. The Morgan fingerprint density at radius 2 is 2.00 bits per heavy atom. The van der Waals surface area contributed by atoms with Gasteiger partial charge in [0.25, 0.3) is 0 Å². The van der Waals surface area contributed by atoms with E-state index < -0.39 is 0 Å². The van der Waals surface area contributed by atoms with E-state index in [-0.39, 0.29) is 5.54 Å². The van der Waals surface area contributed by atoms with Gasteiger partial charge in [-0.1, -0.05) is 13.0 Å². The van der Waals surface area contributed by atoms with Crippen LogP contribution >= 0.6 is 0 Å². The van der Waals surface area contributed by atoms with E-state index in [1.54, 1.807) is 0 Å². The molecule has 0 aliphatic carbocycles. The normalized spacial score (nSPS) is 13.3. The van der Waals surface area contributed by atoms with Crippen molar-refractivity contribution in [1.29, 1.82) is 0 Å². The van der Waals surface area contributed by atoms with Gasteiger partial charge in [-0.15, -0.1) is 0 Å². The summed E-state index contributed by atoms with van der Waals surface area (Å²) >= 11 is 0. The number of nitrogens with one attached hydrogen (secondary N) is 1. The molecule has 1 unspecified atom stereocenters. The Labute approximate surface area is 117 Å². The molecule has 0 heterocycles. The van der Waals surface area contributed by atoms with Crippen molar-refractivity contribution in [2.45, 2.75) is 59.0 Å².